The Morgan fingerprint density at radius 2 is 1.47 bits per heavy atom. The average molecular weight is 516 g/mol. The lowest BCUT2D eigenvalue weighted by atomic mass is 9.90. The lowest BCUT2D eigenvalue weighted by Crippen LogP contribution is -2.65. The summed E-state index contributed by atoms with van der Waals surface area (Å²) in [6.45, 7) is 2.25. The minimum atomic E-state index is -1.57. The van der Waals surface area contributed by atoms with Gasteiger partial charge in [-0.3, -0.25) is 4.90 Å². The Kier molecular flexibility index (Phi) is 6.61. The Morgan fingerprint density at radius 3 is 2.13 bits per heavy atom. The van der Waals surface area contributed by atoms with E-state index in [-0.39, 0.29) is 19.8 Å². The summed E-state index contributed by atoms with van der Waals surface area (Å²) < 4.78 is 30.0. The molecule has 196 valence electrons. The standard InChI is InChI=1S/C30H29NO7/c1-2-35-30(19-34-18-20-12-6-3-7-13-20)27(25-26(36-25)28(32)38-30)31-23(21-14-8-4-9-15-21)24(37-29(31)33)22-16-10-5-11-17-22/h3-17,23-27H,2,18-19H2,1H3/t23-,24+,25+,26-,27-,30-/m1/s1. The number of amides is 1. The molecule has 38 heavy (non-hydrogen) atoms. The number of fused-ring (bicyclic) bond motifs is 1. The minimum absolute atomic E-state index is 0.0833. The van der Waals surface area contributed by atoms with Crippen LogP contribution < -0.4 is 0 Å². The number of esters is 1. The fourth-order valence-corrected chi connectivity index (χ4v) is 5.52. The van der Waals surface area contributed by atoms with Gasteiger partial charge in [0, 0.05) is 6.61 Å². The van der Waals surface area contributed by atoms with Crippen LogP contribution in [0.5, 0.6) is 0 Å². The van der Waals surface area contributed by atoms with Crippen LogP contribution in [0.3, 0.4) is 0 Å². The molecule has 6 atom stereocenters. The van der Waals surface area contributed by atoms with Crippen LogP contribution in [-0.2, 0) is 35.1 Å². The Balaban J connectivity index is 1.39. The van der Waals surface area contributed by atoms with E-state index < -0.39 is 48.2 Å². The lowest BCUT2D eigenvalue weighted by molar-refractivity contribution is -0.282. The molecule has 0 aliphatic carbocycles. The van der Waals surface area contributed by atoms with Crippen molar-refractivity contribution in [3.63, 3.8) is 0 Å². The van der Waals surface area contributed by atoms with Crippen LogP contribution in [0.2, 0.25) is 0 Å². The molecule has 0 N–H and O–H groups in total. The number of carbonyl (C=O) groups is 2. The molecule has 0 saturated carbocycles. The third-order valence-electron chi connectivity index (χ3n) is 7.19. The molecule has 3 fully saturated rings. The number of hydrogen-bond donors (Lipinski definition) is 0. The molecule has 3 aliphatic rings. The molecular weight excluding hydrogens is 486 g/mol. The molecule has 3 heterocycles. The maximum atomic E-state index is 13.7. The highest BCUT2D eigenvalue weighted by Gasteiger charge is 2.70. The van der Waals surface area contributed by atoms with Gasteiger partial charge in [0.05, 0.1) is 6.61 Å². The summed E-state index contributed by atoms with van der Waals surface area (Å²) in [5.41, 5.74) is 2.71. The van der Waals surface area contributed by atoms with Crippen molar-refractivity contribution < 1.29 is 33.3 Å². The largest absolute Gasteiger partial charge is 0.439 e. The zero-order chi connectivity index (χ0) is 26.1. The van der Waals surface area contributed by atoms with E-state index in [4.69, 9.17) is 23.7 Å². The zero-order valence-corrected chi connectivity index (χ0v) is 21.0. The van der Waals surface area contributed by atoms with Gasteiger partial charge in [-0.15, -0.1) is 0 Å². The number of benzene rings is 3. The highest BCUT2D eigenvalue weighted by Crippen LogP contribution is 2.51. The Bertz CT molecular complexity index is 1270. The Morgan fingerprint density at radius 1 is 0.842 bits per heavy atom. The van der Waals surface area contributed by atoms with Crippen LogP contribution in [0.25, 0.3) is 0 Å². The molecule has 3 aromatic carbocycles. The first-order chi connectivity index (χ1) is 18.6. The first-order valence-electron chi connectivity index (χ1n) is 12.8. The second-order valence-corrected chi connectivity index (χ2v) is 9.59. The predicted octanol–water partition coefficient (Wildman–Crippen LogP) is 4.56. The number of hydrogen-bond acceptors (Lipinski definition) is 7. The molecule has 8 heteroatoms. The Hall–Kier alpha value is -3.72. The molecule has 8 nitrogen and oxygen atoms in total. The van der Waals surface area contributed by atoms with Crippen molar-refractivity contribution in [3.8, 4) is 0 Å². The van der Waals surface area contributed by atoms with Crippen molar-refractivity contribution in [2.24, 2.45) is 0 Å². The fourth-order valence-electron chi connectivity index (χ4n) is 5.52. The average Bonchev–Trinajstić information content (AvgIpc) is 3.67. The maximum absolute atomic E-state index is 13.7. The summed E-state index contributed by atoms with van der Waals surface area (Å²) in [6, 6.07) is 27.7. The SMILES string of the molecule is CCO[C@]1(COCc2ccccc2)OC(=O)[C@@H]2O[C@@H]2[C@H]1N1C(=O)O[C@@H](c2ccccc2)[C@H]1c1ccccc1. The summed E-state index contributed by atoms with van der Waals surface area (Å²) >= 11 is 0. The van der Waals surface area contributed by atoms with E-state index in [2.05, 4.69) is 0 Å². The van der Waals surface area contributed by atoms with E-state index in [9.17, 15) is 9.59 Å². The van der Waals surface area contributed by atoms with E-state index in [1.807, 2.05) is 97.9 Å². The molecule has 3 aliphatic heterocycles. The molecule has 0 spiro atoms. The molecule has 1 amide bonds. The molecular formula is C30H29NO7. The van der Waals surface area contributed by atoms with Gasteiger partial charge in [-0.1, -0.05) is 91.0 Å². The van der Waals surface area contributed by atoms with Crippen LogP contribution in [0.1, 0.15) is 35.8 Å². The quantitative estimate of drug-likeness (QED) is 0.305. The van der Waals surface area contributed by atoms with Crippen molar-refractivity contribution in [2.75, 3.05) is 13.2 Å². The normalized spacial score (nSPS) is 29.9. The van der Waals surface area contributed by atoms with Gasteiger partial charge in [0.1, 0.15) is 24.8 Å². The number of rotatable bonds is 9. The zero-order valence-electron chi connectivity index (χ0n) is 21.0. The molecule has 6 rings (SSSR count). The van der Waals surface area contributed by atoms with E-state index >= 15 is 0 Å². The van der Waals surface area contributed by atoms with Gasteiger partial charge < -0.3 is 23.7 Å². The van der Waals surface area contributed by atoms with E-state index in [0.29, 0.717) is 0 Å². The predicted molar refractivity (Wildman–Crippen MR) is 136 cm³/mol. The molecule has 3 aromatic rings. The van der Waals surface area contributed by atoms with Gasteiger partial charge >= 0.3 is 12.1 Å². The monoisotopic (exact) mass is 515 g/mol. The van der Waals surface area contributed by atoms with Crippen LogP contribution in [-0.4, -0.2) is 54.2 Å². The summed E-state index contributed by atoms with van der Waals surface area (Å²) in [5.74, 6) is -2.10. The topological polar surface area (TPSA) is 86.8 Å². The molecule has 3 saturated heterocycles. The first kappa shape index (κ1) is 24.6. The van der Waals surface area contributed by atoms with Crippen molar-refractivity contribution in [2.45, 2.75) is 49.7 Å². The first-order valence-corrected chi connectivity index (χ1v) is 12.8. The van der Waals surface area contributed by atoms with Gasteiger partial charge in [0.2, 0.25) is 0 Å². The van der Waals surface area contributed by atoms with E-state index in [1.54, 1.807) is 4.90 Å². The summed E-state index contributed by atoms with van der Waals surface area (Å²) in [4.78, 5) is 28.1. The lowest BCUT2D eigenvalue weighted by Gasteiger charge is -2.45. The van der Waals surface area contributed by atoms with E-state index in [1.165, 1.54) is 0 Å². The number of ether oxygens (including phenoxy) is 5. The second-order valence-electron chi connectivity index (χ2n) is 9.59. The fraction of sp³-hybridized carbons (Fsp3) is 0.333. The highest BCUT2D eigenvalue weighted by atomic mass is 16.8. The smallest absolute Gasteiger partial charge is 0.411 e. The summed E-state index contributed by atoms with van der Waals surface area (Å²) in [6.07, 6.45) is -2.47. The minimum Gasteiger partial charge on any atom is -0.439 e. The molecule has 0 aromatic heterocycles. The highest BCUT2D eigenvalue weighted by molar-refractivity contribution is 5.81. The van der Waals surface area contributed by atoms with Crippen LogP contribution >= 0.6 is 0 Å². The third kappa shape index (κ3) is 4.45. The summed E-state index contributed by atoms with van der Waals surface area (Å²) in [5, 5.41) is 0. The van der Waals surface area contributed by atoms with Crippen molar-refractivity contribution in [3.05, 3.63) is 108 Å². The molecule has 0 unspecified atom stereocenters. The van der Waals surface area contributed by atoms with Gasteiger partial charge in [0.15, 0.2) is 12.2 Å². The van der Waals surface area contributed by atoms with Gasteiger partial charge in [0.25, 0.3) is 5.79 Å². The number of nitrogens with zero attached hydrogens (tertiary/aromatic N) is 1. The van der Waals surface area contributed by atoms with Gasteiger partial charge in [-0.2, -0.15) is 0 Å². The maximum Gasteiger partial charge on any atom is 0.411 e. The number of epoxide rings is 1. The van der Waals surface area contributed by atoms with E-state index in [0.717, 1.165) is 16.7 Å². The van der Waals surface area contributed by atoms with Crippen molar-refractivity contribution >= 4 is 12.1 Å². The van der Waals surface area contributed by atoms with Crippen LogP contribution in [0.15, 0.2) is 91.0 Å². The third-order valence-corrected chi connectivity index (χ3v) is 7.19. The number of carbonyl (C=O) groups excluding carboxylic acids is 2. The molecule has 0 radical (unpaired) electrons. The number of cyclic esters (lactones) is 2. The van der Waals surface area contributed by atoms with Gasteiger partial charge in [-0.05, 0) is 23.6 Å². The van der Waals surface area contributed by atoms with Crippen LogP contribution in [0.4, 0.5) is 4.79 Å². The second kappa shape index (κ2) is 10.2. The Labute approximate surface area is 221 Å². The molecule has 0 bridgehead atoms. The van der Waals surface area contributed by atoms with Gasteiger partial charge in [-0.25, -0.2) is 9.59 Å². The van der Waals surface area contributed by atoms with Crippen molar-refractivity contribution in [1.29, 1.82) is 0 Å². The van der Waals surface area contributed by atoms with Crippen molar-refractivity contribution in [1.82, 2.24) is 4.90 Å². The van der Waals surface area contributed by atoms with Crippen LogP contribution in [0, 0.1) is 0 Å². The summed E-state index contributed by atoms with van der Waals surface area (Å²) in [7, 11) is 0.